The van der Waals surface area contributed by atoms with Gasteiger partial charge in [0.25, 0.3) is 0 Å². The fourth-order valence-electron chi connectivity index (χ4n) is 1.65. The van der Waals surface area contributed by atoms with Gasteiger partial charge in [0.15, 0.2) is 0 Å². The van der Waals surface area contributed by atoms with E-state index in [2.05, 4.69) is 5.32 Å². The van der Waals surface area contributed by atoms with Gasteiger partial charge in [-0.25, -0.2) is 4.39 Å². The summed E-state index contributed by atoms with van der Waals surface area (Å²) in [5.41, 5.74) is 0.689. The van der Waals surface area contributed by atoms with Crippen molar-refractivity contribution in [1.82, 2.24) is 5.32 Å². The molecule has 0 aliphatic heterocycles. The van der Waals surface area contributed by atoms with Crippen LogP contribution < -0.4 is 5.32 Å². The Bertz CT molecular complexity index is 449. The molecular weight excluding hydrogens is 233 g/mol. The average Bonchev–Trinajstić information content (AvgIpc) is 3.16. The largest absolute Gasteiger partial charge is 0.396 e. The fourth-order valence-corrected chi connectivity index (χ4v) is 1.65. The fraction of sp³-hybridized carbons (Fsp3) is 0.357. The number of hydrogen-bond donors (Lipinski definition) is 2. The quantitative estimate of drug-likeness (QED) is 0.781. The average molecular weight is 249 g/mol. The smallest absolute Gasteiger partial charge is 0.244 e. The van der Waals surface area contributed by atoms with Gasteiger partial charge in [-0.2, -0.15) is 0 Å². The molecular formula is C14H16FNO2. The number of carbonyl (C=O) groups excluding carboxylic acids is 1. The van der Waals surface area contributed by atoms with Crippen molar-refractivity contribution in [3.63, 3.8) is 0 Å². The van der Waals surface area contributed by atoms with Crippen molar-refractivity contribution in [3.05, 3.63) is 41.7 Å². The molecule has 0 spiro atoms. The van der Waals surface area contributed by atoms with Crippen molar-refractivity contribution < 1.29 is 14.3 Å². The third kappa shape index (κ3) is 3.40. The molecule has 0 saturated heterocycles. The van der Waals surface area contributed by atoms with E-state index in [1.165, 1.54) is 18.2 Å². The Balaban J connectivity index is 1.81. The van der Waals surface area contributed by atoms with E-state index < -0.39 is 0 Å². The first-order valence-corrected chi connectivity index (χ1v) is 5.96. The molecule has 0 bridgehead atoms. The molecule has 96 valence electrons. The van der Waals surface area contributed by atoms with Gasteiger partial charge in [0.2, 0.25) is 5.91 Å². The molecule has 1 aliphatic carbocycles. The molecule has 1 fully saturated rings. The van der Waals surface area contributed by atoms with Crippen LogP contribution in [0.1, 0.15) is 18.4 Å². The van der Waals surface area contributed by atoms with E-state index in [0.717, 1.165) is 18.4 Å². The number of hydrogen-bond acceptors (Lipinski definition) is 2. The van der Waals surface area contributed by atoms with Crippen LogP contribution in [0.15, 0.2) is 30.3 Å². The summed E-state index contributed by atoms with van der Waals surface area (Å²) in [6.07, 6.45) is 4.98. The molecule has 0 atom stereocenters. The molecule has 1 amide bonds. The lowest BCUT2D eigenvalue weighted by Gasteiger charge is -2.10. The Labute approximate surface area is 105 Å². The highest BCUT2D eigenvalue weighted by molar-refractivity contribution is 5.91. The van der Waals surface area contributed by atoms with Gasteiger partial charge in [-0.3, -0.25) is 4.79 Å². The van der Waals surface area contributed by atoms with Gasteiger partial charge in [0, 0.05) is 18.0 Å². The standard InChI is InChI=1S/C14H16FNO2/c15-12-4-1-11(2-5-12)3-6-13(18)16-9-14(10-17)7-8-14/h1-6,17H,7-10H2,(H,16,18)/b6-3+. The predicted octanol–water partition coefficient (Wildman–Crippen LogP) is 1.73. The predicted molar refractivity (Wildman–Crippen MR) is 67.2 cm³/mol. The highest BCUT2D eigenvalue weighted by Gasteiger charge is 2.41. The number of benzene rings is 1. The lowest BCUT2D eigenvalue weighted by atomic mass is 10.1. The Morgan fingerprint density at radius 1 is 1.39 bits per heavy atom. The maximum Gasteiger partial charge on any atom is 0.244 e. The molecule has 2 rings (SSSR count). The van der Waals surface area contributed by atoms with E-state index in [-0.39, 0.29) is 23.7 Å². The number of rotatable bonds is 5. The summed E-state index contributed by atoms with van der Waals surface area (Å²) in [5.74, 6) is -0.491. The van der Waals surface area contributed by atoms with E-state index in [1.54, 1.807) is 18.2 Å². The Kier molecular flexibility index (Phi) is 3.77. The number of aliphatic hydroxyl groups excluding tert-OH is 1. The zero-order chi connectivity index (χ0) is 13.0. The maximum atomic E-state index is 12.7. The molecule has 1 saturated carbocycles. The molecule has 3 nitrogen and oxygen atoms in total. The summed E-state index contributed by atoms with van der Waals surface area (Å²) in [5, 5.41) is 11.9. The van der Waals surface area contributed by atoms with Crippen LogP contribution in [-0.2, 0) is 4.79 Å². The van der Waals surface area contributed by atoms with Crippen LogP contribution in [0.25, 0.3) is 6.08 Å². The minimum absolute atomic E-state index is 0.0840. The SMILES string of the molecule is O=C(/C=C/c1ccc(F)cc1)NCC1(CO)CC1. The van der Waals surface area contributed by atoms with Crippen LogP contribution >= 0.6 is 0 Å². The molecule has 2 N–H and O–H groups in total. The van der Waals surface area contributed by atoms with Crippen LogP contribution in [0.2, 0.25) is 0 Å². The van der Waals surface area contributed by atoms with Crippen LogP contribution in [0.3, 0.4) is 0 Å². The van der Waals surface area contributed by atoms with Gasteiger partial charge in [-0.05, 0) is 36.6 Å². The minimum atomic E-state index is -0.296. The van der Waals surface area contributed by atoms with Crippen molar-refractivity contribution >= 4 is 12.0 Å². The molecule has 0 aromatic heterocycles. The van der Waals surface area contributed by atoms with Crippen molar-refractivity contribution in [2.75, 3.05) is 13.2 Å². The first-order chi connectivity index (χ1) is 8.63. The highest BCUT2D eigenvalue weighted by Crippen LogP contribution is 2.44. The Morgan fingerprint density at radius 3 is 2.61 bits per heavy atom. The first kappa shape index (κ1) is 12.8. The Morgan fingerprint density at radius 2 is 2.06 bits per heavy atom. The van der Waals surface area contributed by atoms with Crippen LogP contribution in [0, 0.1) is 11.2 Å². The number of nitrogens with one attached hydrogen (secondary N) is 1. The van der Waals surface area contributed by atoms with Gasteiger partial charge >= 0.3 is 0 Å². The summed E-state index contributed by atoms with van der Waals surface area (Å²) in [6.45, 7) is 0.630. The summed E-state index contributed by atoms with van der Waals surface area (Å²) < 4.78 is 12.7. The monoisotopic (exact) mass is 249 g/mol. The van der Waals surface area contributed by atoms with E-state index in [9.17, 15) is 9.18 Å². The van der Waals surface area contributed by atoms with Gasteiger partial charge in [0.05, 0.1) is 6.61 Å². The number of amides is 1. The number of carbonyl (C=O) groups is 1. The molecule has 18 heavy (non-hydrogen) atoms. The van der Waals surface area contributed by atoms with Gasteiger partial charge < -0.3 is 10.4 Å². The normalized spacial score (nSPS) is 16.8. The second-order valence-electron chi connectivity index (χ2n) is 4.76. The van der Waals surface area contributed by atoms with Crippen molar-refractivity contribution in [3.8, 4) is 0 Å². The lowest BCUT2D eigenvalue weighted by molar-refractivity contribution is -0.116. The van der Waals surface area contributed by atoms with E-state index in [1.807, 2.05) is 0 Å². The van der Waals surface area contributed by atoms with Crippen LogP contribution in [0.5, 0.6) is 0 Å². The van der Waals surface area contributed by atoms with E-state index in [0.29, 0.717) is 6.54 Å². The summed E-state index contributed by atoms with van der Waals surface area (Å²) in [6, 6.07) is 5.91. The van der Waals surface area contributed by atoms with Gasteiger partial charge in [0.1, 0.15) is 5.82 Å². The Hall–Kier alpha value is -1.68. The second kappa shape index (κ2) is 5.31. The highest BCUT2D eigenvalue weighted by atomic mass is 19.1. The summed E-state index contributed by atoms with van der Waals surface area (Å²) in [4.78, 5) is 11.5. The van der Waals surface area contributed by atoms with E-state index >= 15 is 0 Å². The molecule has 1 aromatic carbocycles. The maximum absolute atomic E-state index is 12.7. The third-order valence-electron chi connectivity index (χ3n) is 3.23. The van der Waals surface area contributed by atoms with Crippen molar-refractivity contribution in [2.45, 2.75) is 12.8 Å². The topological polar surface area (TPSA) is 49.3 Å². The summed E-state index contributed by atoms with van der Waals surface area (Å²) in [7, 11) is 0. The molecule has 1 aliphatic rings. The lowest BCUT2D eigenvalue weighted by Crippen LogP contribution is -2.30. The van der Waals surface area contributed by atoms with Crippen molar-refractivity contribution in [2.24, 2.45) is 5.41 Å². The van der Waals surface area contributed by atoms with Gasteiger partial charge in [-0.15, -0.1) is 0 Å². The number of aliphatic hydroxyl groups is 1. The first-order valence-electron chi connectivity index (χ1n) is 5.96. The van der Waals surface area contributed by atoms with Crippen LogP contribution in [0.4, 0.5) is 4.39 Å². The molecule has 4 heteroatoms. The third-order valence-corrected chi connectivity index (χ3v) is 3.23. The zero-order valence-electron chi connectivity index (χ0n) is 10.0. The van der Waals surface area contributed by atoms with Gasteiger partial charge in [-0.1, -0.05) is 12.1 Å². The zero-order valence-corrected chi connectivity index (χ0v) is 10.0. The second-order valence-corrected chi connectivity index (χ2v) is 4.76. The molecule has 1 aromatic rings. The summed E-state index contributed by atoms with van der Waals surface area (Å²) >= 11 is 0. The number of halogens is 1. The van der Waals surface area contributed by atoms with Crippen molar-refractivity contribution in [1.29, 1.82) is 0 Å². The molecule has 0 heterocycles. The molecule has 0 unspecified atom stereocenters. The van der Waals surface area contributed by atoms with E-state index in [4.69, 9.17) is 5.11 Å². The minimum Gasteiger partial charge on any atom is -0.396 e. The molecule has 0 radical (unpaired) electrons. The van der Waals surface area contributed by atoms with Crippen LogP contribution in [-0.4, -0.2) is 24.2 Å².